The summed E-state index contributed by atoms with van der Waals surface area (Å²) in [5.74, 6) is 0.498. The van der Waals surface area contributed by atoms with Crippen LogP contribution in [0.25, 0.3) is 0 Å². The lowest BCUT2D eigenvalue weighted by Crippen LogP contribution is -2.10. The lowest BCUT2D eigenvalue weighted by Gasteiger charge is -2.07. The van der Waals surface area contributed by atoms with Crippen LogP contribution in [0, 0.1) is 17.0 Å². The predicted octanol–water partition coefficient (Wildman–Crippen LogP) is 1.96. The van der Waals surface area contributed by atoms with E-state index in [2.05, 4.69) is 10.4 Å². The van der Waals surface area contributed by atoms with E-state index in [-0.39, 0.29) is 10.6 Å². The van der Waals surface area contributed by atoms with E-state index in [1.54, 1.807) is 18.7 Å². The van der Waals surface area contributed by atoms with Crippen molar-refractivity contribution in [2.45, 2.75) is 33.2 Å². The summed E-state index contributed by atoms with van der Waals surface area (Å²) in [6.07, 6.45) is 1.83. The number of anilines is 1. The van der Waals surface area contributed by atoms with Crippen LogP contribution in [0.4, 0.5) is 11.5 Å². The predicted molar refractivity (Wildman–Crippen MR) is 68.9 cm³/mol. The van der Waals surface area contributed by atoms with Crippen molar-refractivity contribution in [2.75, 3.05) is 25.6 Å². The first-order valence-electron chi connectivity index (χ1n) is 6.06. The number of methoxy groups -OCH3 is 1. The molecule has 1 aromatic rings. The summed E-state index contributed by atoms with van der Waals surface area (Å²) in [7, 11) is 1.66. The highest BCUT2D eigenvalue weighted by Gasteiger charge is 2.24. The summed E-state index contributed by atoms with van der Waals surface area (Å²) >= 11 is 0. The molecule has 0 atom stereocenters. The Balaban J connectivity index is 2.70. The Morgan fingerprint density at radius 2 is 2.22 bits per heavy atom. The average molecular weight is 256 g/mol. The van der Waals surface area contributed by atoms with Gasteiger partial charge in [-0.15, -0.1) is 0 Å². The van der Waals surface area contributed by atoms with Gasteiger partial charge in [-0.2, -0.15) is 5.10 Å². The first kappa shape index (κ1) is 14.4. The number of nitro groups is 1. The number of nitrogens with zero attached hydrogens (tertiary/aromatic N) is 3. The van der Waals surface area contributed by atoms with Crippen LogP contribution in [0.2, 0.25) is 0 Å². The first-order valence-corrected chi connectivity index (χ1v) is 6.06. The van der Waals surface area contributed by atoms with Gasteiger partial charge in [0.15, 0.2) is 0 Å². The van der Waals surface area contributed by atoms with E-state index < -0.39 is 0 Å². The number of aromatic nitrogens is 2. The van der Waals surface area contributed by atoms with Gasteiger partial charge in [0.25, 0.3) is 0 Å². The minimum absolute atomic E-state index is 0.0728. The van der Waals surface area contributed by atoms with E-state index in [1.807, 2.05) is 6.92 Å². The Kier molecular flexibility index (Phi) is 5.57. The molecule has 1 heterocycles. The highest BCUT2D eigenvalue weighted by atomic mass is 16.6. The molecule has 102 valence electrons. The molecule has 0 amide bonds. The minimum Gasteiger partial charge on any atom is -0.385 e. The zero-order valence-electron chi connectivity index (χ0n) is 11.1. The van der Waals surface area contributed by atoms with Crippen molar-refractivity contribution in [1.82, 2.24) is 9.78 Å². The fourth-order valence-corrected chi connectivity index (χ4v) is 1.77. The topological polar surface area (TPSA) is 82.2 Å². The molecule has 1 N–H and O–H groups in total. The molecular weight excluding hydrogens is 236 g/mol. The molecule has 7 heteroatoms. The van der Waals surface area contributed by atoms with Gasteiger partial charge in [0.05, 0.1) is 4.92 Å². The number of rotatable bonds is 8. The Morgan fingerprint density at radius 3 is 2.78 bits per heavy atom. The number of hydrogen-bond acceptors (Lipinski definition) is 5. The molecular formula is C11H20N4O3. The quantitative estimate of drug-likeness (QED) is 0.437. The van der Waals surface area contributed by atoms with Crippen LogP contribution in [-0.4, -0.2) is 35.0 Å². The number of unbranched alkanes of at least 4 members (excludes halogenated alkanes) is 1. The van der Waals surface area contributed by atoms with Gasteiger partial charge in [0, 0.05) is 26.8 Å². The highest BCUT2D eigenvalue weighted by Crippen LogP contribution is 2.27. The molecule has 0 fully saturated rings. The van der Waals surface area contributed by atoms with Gasteiger partial charge < -0.3 is 10.1 Å². The number of aryl methyl sites for hydroxylation is 2. The van der Waals surface area contributed by atoms with E-state index >= 15 is 0 Å². The summed E-state index contributed by atoms with van der Waals surface area (Å²) in [5, 5.41) is 18.2. The third-order valence-electron chi connectivity index (χ3n) is 2.65. The van der Waals surface area contributed by atoms with Gasteiger partial charge in [0.2, 0.25) is 5.82 Å². The van der Waals surface area contributed by atoms with Crippen LogP contribution >= 0.6 is 0 Å². The van der Waals surface area contributed by atoms with Crippen molar-refractivity contribution in [3.05, 3.63) is 15.8 Å². The summed E-state index contributed by atoms with van der Waals surface area (Å²) in [6.45, 7) is 5.55. The second-order valence-electron chi connectivity index (χ2n) is 3.98. The molecule has 0 aliphatic rings. The molecule has 0 bridgehead atoms. The van der Waals surface area contributed by atoms with Crippen molar-refractivity contribution in [3.63, 3.8) is 0 Å². The maximum atomic E-state index is 11.0. The van der Waals surface area contributed by atoms with Gasteiger partial charge in [0.1, 0.15) is 5.69 Å². The van der Waals surface area contributed by atoms with E-state index in [9.17, 15) is 10.1 Å². The molecule has 0 aliphatic carbocycles. The molecule has 0 aliphatic heterocycles. The van der Waals surface area contributed by atoms with Gasteiger partial charge in [-0.25, -0.2) is 4.68 Å². The molecule has 0 saturated heterocycles. The molecule has 0 aromatic carbocycles. The Bertz CT molecular complexity index is 403. The second-order valence-corrected chi connectivity index (χ2v) is 3.98. The van der Waals surface area contributed by atoms with Crippen LogP contribution in [-0.2, 0) is 11.3 Å². The second kappa shape index (κ2) is 6.95. The van der Waals surface area contributed by atoms with Gasteiger partial charge in [-0.05, 0) is 26.7 Å². The third kappa shape index (κ3) is 3.43. The van der Waals surface area contributed by atoms with Crippen LogP contribution < -0.4 is 5.32 Å². The minimum atomic E-state index is -0.383. The SMILES string of the molecule is CCn1nc(C)c([N+](=O)[O-])c1NCCCCOC. The Labute approximate surface area is 106 Å². The molecule has 7 nitrogen and oxygen atoms in total. The molecule has 0 spiro atoms. The van der Waals surface area contributed by atoms with Crippen molar-refractivity contribution in [1.29, 1.82) is 0 Å². The fraction of sp³-hybridized carbons (Fsp3) is 0.727. The van der Waals surface area contributed by atoms with Crippen LogP contribution in [0.1, 0.15) is 25.5 Å². The number of ether oxygens (including phenoxy) is 1. The van der Waals surface area contributed by atoms with Crippen molar-refractivity contribution in [3.8, 4) is 0 Å². The van der Waals surface area contributed by atoms with Crippen LogP contribution in [0.3, 0.4) is 0 Å². The van der Waals surface area contributed by atoms with E-state index in [0.717, 1.165) is 12.8 Å². The van der Waals surface area contributed by atoms with E-state index in [0.29, 0.717) is 31.2 Å². The smallest absolute Gasteiger partial charge is 0.333 e. The molecule has 0 unspecified atom stereocenters. The summed E-state index contributed by atoms with van der Waals surface area (Å²) in [6, 6.07) is 0. The maximum Gasteiger partial charge on any atom is 0.333 e. The lowest BCUT2D eigenvalue weighted by molar-refractivity contribution is -0.384. The number of hydrogen-bond donors (Lipinski definition) is 1. The van der Waals surface area contributed by atoms with Crippen LogP contribution in [0.5, 0.6) is 0 Å². The van der Waals surface area contributed by atoms with Gasteiger partial charge >= 0.3 is 5.69 Å². The van der Waals surface area contributed by atoms with Gasteiger partial charge in [-0.3, -0.25) is 10.1 Å². The highest BCUT2D eigenvalue weighted by molar-refractivity contribution is 5.59. The standard InChI is InChI=1S/C11H20N4O3/c1-4-14-11(12-7-5-6-8-18-3)10(15(16)17)9(2)13-14/h12H,4-8H2,1-3H3. The van der Waals surface area contributed by atoms with Crippen molar-refractivity contribution in [2.24, 2.45) is 0 Å². The molecule has 0 saturated carbocycles. The van der Waals surface area contributed by atoms with Crippen LogP contribution in [0.15, 0.2) is 0 Å². The van der Waals surface area contributed by atoms with Crippen molar-refractivity contribution < 1.29 is 9.66 Å². The normalized spacial score (nSPS) is 10.6. The monoisotopic (exact) mass is 256 g/mol. The average Bonchev–Trinajstić information content (AvgIpc) is 2.65. The zero-order chi connectivity index (χ0) is 13.5. The van der Waals surface area contributed by atoms with Crippen molar-refractivity contribution >= 4 is 11.5 Å². The Morgan fingerprint density at radius 1 is 1.50 bits per heavy atom. The van der Waals surface area contributed by atoms with Gasteiger partial charge in [-0.1, -0.05) is 0 Å². The van der Waals surface area contributed by atoms with E-state index in [4.69, 9.17) is 4.74 Å². The zero-order valence-corrected chi connectivity index (χ0v) is 11.1. The maximum absolute atomic E-state index is 11.0. The molecule has 1 aromatic heterocycles. The van der Waals surface area contributed by atoms with E-state index in [1.165, 1.54) is 0 Å². The summed E-state index contributed by atoms with van der Waals surface area (Å²) < 4.78 is 6.58. The number of nitrogens with one attached hydrogen (secondary N) is 1. The first-order chi connectivity index (χ1) is 8.61. The summed E-state index contributed by atoms with van der Waals surface area (Å²) in [4.78, 5) is 10.6. The fourth-order valence-electron chi connectivity index (χ4n) is 1.77. The largest absolute Gasteiger partial charge is 0.385 e. The summed E-state index contributed by atoms with van der Waals surface area (Å²) in [5.41, 5.74) is 0.518. The lowest BCUT2D eigenvalue weighted by atomic mass is 10.3. The molecule has 0 radical (unpaired) electrons. The Hall–Kier alpha value is -1.63. The molecule has 18 heavy (non-hydrogen) atoms. The molecule has 1 rings (SSSR count). The third-order valence-corrected chi connectivity index (χ3v) is 2.65.